The summed E-state index contributed by atoms with van der Waals surface area (Å²) >= 11 is 1.94. The van der Waals surface area contributed by atoms with E-state index in [-0.39, 0.29) is 0 Å². The Hall–Kier alpha value is -0.440. The molecule has 0 fully saturated rings. The Labute approximate surface area is 83.4 Å². The van der Waals surface area contributed by atoms with Gasteiger partial charge in [0, 0.05) is 23.6 Å². The molecule has 0 unspecified atom stereocenters. The average molecular weight is 197 g/mol. The summed E-state index contributed by atoms with van der Waals surface area (Å²) in [7, 11) is 0. The van der Waals surface area contributed by atoms with Crippen molar-refractivity contribution in [3.8, 4) is 0 Å². The summed E-state index contributed by atoms with van der Waals surface area (Å²) in [5, 5.41) is 0. The van der Waals surface area contributed by atoms with Crippen LogP contribution in [-0.4, -0.2) is 29.6 Å². The second kappa shape index (κ2) is 3.74. The number of amides is 1. The summed E-state index contributed by atoms with van der Waals surface area (Å²) in [5.41, 5.74) is 1.62. The van der Waals surface area contributed by atoms with Crippen LogP contribution in [0.4, 0.5) is 0 Å². The monoisotopic (exact) mass is 197 g/mol. The highest BCUT2D eigenvalue weighted by Crippen LogP contribution is 2.36. The standard InChI is InChI=1S/C10H15NOS/c1-2-10(12)11-5-3-8-4-6-13-9(8)7-11/h2-7H2,1H3. The molecule has 72 valence electrons. The first kappa shape index (κ1) is 9.13. The number of hydrogen-bond donors (Lipinski definition) is 0. The molecular formula is C10H15NOS. The van der Waals surface area contributed by atoms with Gasteiger partial charge in [-0.3, -0.25) is 4.79 Å². The quantitative estimate of drug-likeness (QED) is 0.641. The fourth-order valence-corrected chi connectivity index (χ4v) is 3.17. The van der Waals surface area contributed by atoms with E-state index in [4.69, 9.17) is 0 Å². The fraction of sp³-hybridized carbons (Fsp3) is 0.700. The lowest BCUT2D eigenvalue weighted by atomic mass is 10.1. The number of carbonyl (C=O) groups is 1. The molecule has 3 heteroatoms. The molecule has 0 atom stereocenters. The van der Waals surface area contributed by atoms with E-state index in [9.17, 15) is 4.79 Å². The van der Waals surface area contributed by atoms with Crippen LogP contribution in [0.25, 0.3) is 0 Å². The molecule has 0 aliphatic carbocycles. The van der Waals surface area contributed by atoms with E-state index in [0.29, 0.717) is 12.3 Å². The Balaban J connectivity index is 2.03. The van der Waals surface area contributed by atoms with E-state index in [1.165, 1.54) is 17.1 Å². The van der Waals surface area contributed by atoms with Gasteiger partial charge in [-0.2, -0.15) is 0 Å². The van der Waals surface area contributed by atoms with Crippen molar-refractivity contribution in [3.63, 3.8) is 0 Å². The van der Waals surface area contributed by atoms with Crippen LogP contribution in [0.3, 0.4) is 0 Å². The molecule has 13 heavy (non-hydrogen) atoms. The third kappa shape index (κ3) is 1.75. The van der Waals surface area contributed by atoms with Gasteiger partial charge in [0.05, 0.1) is 6.54 Å². The van der Waals surface area contributed by atoms with E-state index in [1.54, 1.807) is 5.57 Å². The van der Waals surface area contributed by atoms with Crippen LogP contribution in [-0.2, 0) is 4.79 Å². The molecule has 0 aromatic carbocycles. The Morgan fingerprint density at radius 3 is 3.15 bits per heavy atom. The largest absolute Gasteiger partial charge is 0.338 e. The molecule has 0 aromatic heterocycles. The van der Waals surface area contributed by atoms with Gasteiger partial charge in [-0.05, 0) is 12.8 Å². The topological polar surface area (TPSA) is 20.3 Å². The summed E-state index contributed by atoms with van der Waals surface area (Å²) in [5.74, 6) is 1.54. The van der Waals surface area contributed by atoms with E-state index in [1.807, 2.05) is 23.6 Å². The van der Waals surface area contributed by atoms with Crippen molar-refractivity contribution in [2.75, 3.05) is 18.8 Å². The molecular weight excluding hydrogens is 182 g/mol. The number of hydrogen-bond acceptors (Lipinski definition) is 2. The van der Waals surface area contributed by atoms with Gasteiger partial charge in [0.25, 0.3) is 0 Å². The van der Waals surface area contributed by atoms with Gasteiger partial charge in [-0.1, -0.05) is 12.5 Å². The second-order valence-corrected chi connectivity index (χ2v) is 4.73. The Morgan fingerprint density at radius 1 is 1.54 bits per heavy atom. The van der Waals surface area contributed by atoms with Crippen molar-refractivity contribution in [2.24, 2.45) is 0 Å². The number of carbonyl (C=O) groups excluding carboxylic acids is 1. The van der Waals surface area contributed by atoms with Gasteiger partial charge >= 0.3 is 0 Å². The summed E-state index contributed by atoms with van der Waals surface area (Å²) in [6.45, 7) is 3.78. The van der Waals surface area contributed by atoms with Crippen molar-refractivity contribution in [2.45, 2.75) is 26.2 Å². The molecule has 0 saturated carbocycles. The fourth-order valence-electron chi connectivity index (χ4n) is 1.92. The normalized spacial score (nSPS) is 22.1. The average Bonchev–Trinajstić information content (AvgIpc) is 2.63. The molecule has 1 amide bonds. The van der Waals surface area contributed by atoms with Gasteiger partial charge < -0.3 is 4.90 Å². The maximum absolute atomic E-state index is 11.4. The first-order chi connectivity index (χ1) is 6.31. The lowest BCUT2D eigenvalue weighted by molar-refractivity contribution is -0.130. The maximum Gasteiger partial charge on any atom is 0.222 e. The van der Waals surface area contributed by atoms with Crippen LogP contribution in [0.1, 0.15) is 26.2 Å². The summed E-state index contributed by atoms with van der Waals surface area (Å²) in [4.78, 5) is 14.9. The second-order valence-electron chi connectivity index (χ2n) is 3.54. The number of rotatable bonds is 1. The maximum atomic E-state index is 11.4. The van der Waals surface area contributed by atoms with Crippen molar-refractivity contribution in [3.05, 3.63) is 10.5 Å². The molecule has 2 aliphatic heterocycles. The molecule has 0 aromatic rings. The van der Waals surface area contributed by atoms with Gasteiger partial charge in [0.15, 0.2) is 0 Å². The molecule has 2 heterocycles. The van der Waals surface area contributed by atoms with Crippen molar-refractivity contribution >= 4 is 17.7 Å². The first-order valence-corrected chi connectivity index (χ1v) is 5.91. The lowest BCUT2D eigenvalue weighted by Crippen LogP contribution is -2.35. The SMILES string of the molecule is CCC(=O)N1CCC2=C(C1)SCC2. The van der Waals surface area contributed by atoms with Crippen molar-refractivity contribution < 1.29 is 4.79 Å². The Bertz CT molecular complexity index is 260. The Kier molecular flexibility index (Phi) is 2.63. The minimum Gasteiger partial charge on any atom is -0.338 e. The number of thioether (sulfide) groups is 1. The smallest absolute Gasteiger partial charge is 0.222 e. The summed E-state index contributed by atoms with van der Waals surface area (Å²) in [6, 6.07) is 0. The van der Waals surface area contributed by atoms with E-state index >= 15 is 0 Å². The highest BCUT2D eigenvalue weighted by atomic mass is 32.2. The predicted octanol–water partition coefficient (Wildman–Crippen LogP) is 2.02. The van der Waals surface area contributed by atoms with Crippen LogP contribution in [0, 0.1) is 0 Å². The molecule has 0 spiro atoms. The minimum absolute atomic E-state index is 0.305. The first-order valence-electron chi connectivity index (χ1n) is 4.92. The zero-order valence-electron chi connectivity index (χ0n) is 8.01. The highest BCUT2D eigenvalue weighted by Gasteiger charge is 2.24. The van der Waals surface area contributed by atoms with Crippen molar-refractivity contribution in [1.29, 1.82) is 0 Å². The zero-order chi connectivity index (χ0) is 9.26. The summed E-state index contributed by atoms with van der Waals surface area (Å²) < 4.78 is 0. The van der Waals surface area contributed by atoms with Crippen molar-refractivity contribution in [1.82, 2.24) is 4.90 Å². The third-order valence-electron chi connectivity index (χ3n) is 2.75. The Morgan fingerprint density at radius 2 is 2.38 bits per heavy atom. The summed E-state index contributed by atoms with van der Waals surface area (Å²) in [6.07, 6.45) is 3.02. The molecule has 2 nitrogen and oxygen atoms in total. The molecule has 0 radical (unpaired) electrons. The third-order valence-corrected chi connectivity index (χ3v) is 3.92. The lowest BCUT2D eigenvalue weighted by Gasteiger charge is -2.27. The van der Waals surface area contributed by atoms with E-state index in [0.717, 1.165) is 19.5 Å². The van der Waals surface area contributed by atoms with E-state index in [2.05, 4.69) is 0 Å². The van der Waals surface area contributed by atoms with E-state index < -0.39 is 0 Å². The van der Waals surface area contributed by atoms with Crippen LogP contribution >= 0.6 is 11.8 Å². The molecule has 2 aliphatic rings. The molecule has 0 N–H and O–H groups in total. The minimum atomic E-state index is 0.305. The zero-order valence-corrected chi connectivity index (χ0v) is 8.82. The molecule has 0 saturated heterocycles. The van der Waals surface area contributed by atoms with Crippen LogP contribution in [0.2, 0.25) is 0 Å². The van der Waals surface area contributed by atoms with Crippen LogP contribution in [0.5, 0.6) is 0 Å². The van der Waals surface area contributed by atoms with Crippen LogP contribution in [0.15, 0.2) is 10.5 Å². The molecule has 0 bridgehead atoms. The molecule has 2 rings (SSSR count). The highest BCUT2D eigenvalue weighted by molar-refractivity contribution is 8.03. The van der Waals surface area contributed by atoms with Gasteiger partial charge in [-0.25, -0.2) is 0 Å². The van der Waals surface area contributed by atoms with Gasteiger partial charge in [0.2, 0.25) is 5.91 Å². The number of nitrogens with zero attached hydrogens (tertiary/aromatic N) is 1. The van der Waals surface area contributed by atoms with Gasteiger partial charge in [0.1, 0.15) is 0 Å². The van der Waals surface area contributed by atoms with Crippen LogP contribution < -0.4 is 0 Å². The predicted molar refractivity (Wildman–Crippen MR) is 55.6 cm³/mol. The van der Waals surface area contributed by atoms with Gasteiger partial charge in [-0.15, -0.1) is 11.8 Å².